The van der Waals surface area contributed by atoms with E-state index in [0.29, 0.717) is 5.75 Å². The van der Waals surface area contributed by atoms with Gasteiger partial charge < -0.3 is 5.11 Å². The second-order valence-corrected chi connectivity index (χ2v) is 11.1. The van der Waals surface area contributed by atoms with Crippen molar-refractivity contribution < 1.29 is 5.11 Å². The lowest BCUT2D eigenvalue weighted by atomic mass is 9.78. The number of aromatic hydroxyl groups is 1. The molecule has 0 aliphatic rings. The van der Waals surface area contributed by atoms with E-state index in [4.69, 9.17) is 0 Å². The molecule has 0 bridgehead atoms. The first-order valence-electron chi connectivity index (χ1n) is 12.0. The summed E-state index contributed by atoms with van der Waals surface area (Å²) in [6.45, 7) is 20.1. The van der Waals surface area contributed by atoms with E-state index >= 15 is 0 Å². The van der Waals surface area contributed by atoms with Gasteiger partial charge in [-0.2, -0.15) is 0 Å². The van der Waals surface area contributed by atoms with E-state index in [1.54, 1.807) is 0 Å². The summed E-state index contributed by atoms with van der Waals surface area (Å²) in [7, 11) is 0. The third-order valence-electron chi connectivity index (χ3n) is 6.51. The summed E-state index contributed by atoms with van der Waals surface area (Å²) in [5.74, 6) is 0.386. The van der Waals surface area contributed by atoms with E-state index in [1.807, 2.05) is 0 Å². The van der Waals surface area contributed by atoms with Crippen LogP contribution < -0.4 is 0 Å². The lowest BCUT2D eigenvalue weighted by molar-refractivity contribution is 0.479. The van der Waals surface area contributed by atoms with Crippen LogP contribution in [0, 0.1) is 6.92 Å². The van der Waals surface area contributed by atoms with Crippen molar-refractivity contribution in [2.75, 3.05) is 0 Å². The lowest BCUT2D eigenvalue weighted by Crippen LogP contribution is -2.15. The fourth-order valence-electron chi connectivity index (χ4n) is 5.03. The predicted molar refractivity (Wildman–Crippen MR) is 140 cm³/mol. The van der Waals surface area contributed by atoms with Crippen LogP contribution in [0.1, 0.15) is 83.2 Å². The molecular formula is C31H40O. The SMILES string of the molecule is CCc1c(-c2cc(C)cc(-c3cccc(C(C)(C)C)c3CC)c2O)cccc1C(C)(C)C. The Hall–Kier alpha value is -2.54. The highest BCUT2D eigenvalue weighted by molar-refractivity contribution is 5.86. The van der Waals surface area contributed by atoms with Gasteiger partial charge in [-0.1, -0.05) is 91.8 Å². The average molecular weight is 429 g/mol. The van der Waals surface area contributed by atoms with Crippen molar-refractivity contribution in [1.82, 2.24) is 0 Å². The summed E-state index contributed by atoms with van der Waals surface area (Å²) in [4.78, 5) is 0. The summed E-state index contributed by atoms with van der Waals surface area (Å²) in [5, 5.41) is 11.6. The molecule has 0 atom stereocenters. The van der Waals surface area contributed by atoms with Crippen molar-refractivity contribution in [3.05, 3.63) is 76.3 Å². The molecule has 0 radical (unpaired) electrons. The molecule has 0 unspecified atom stereocenters. The fraction of sp³-hybridized carbons (Fsp3) is 0.419. The largest absolute Gasteiger partial charge is 0.507 e. The second kappa shape index (κ2) is 8.77. The van der Waals surface area contributed by atoms with Gasteiger partial charge in [0.25, 0.3) is 0 Å². The molecule has 32 heavy (non-hydrogen) atoms. The Morgan fingerprint density at radius 1 is 0.625 bits per heavy atom. The molecule has 0 fully saturated rings. The van der Waals surface area contributed by atoms with E-state index in [0.717, 1.165) is 35.1 Å². The Morgan fingerprint density at radius 3 is 1.31 bits per heavy atom. The normalized spacial score (nSPS) is 12.3. The predicted octanol–water partition coefficient (Wildman–Crippen LogP) is 8.75. The molecule has 1 nitrogen and oxygen atoms in total. The fourth-order valence-corrected chi connectivity index (χ4v) is 5.03. The van der Waals surface area contributed by atoms with Gasteiger partial charge in [0.2, 0.25) is 0 Å². The number of hydrogen-bond acceptors (Lipinski definition) is 1. The zero-order valence-corrected chi connectivity index (χ0v) is 21.5. The maximum atomic E-state index is 11.6. The Balaban J connectivity index is 2.33. The maximum Gasteiger partial charge on any atom is 0.131 e. The number of phenolic OH excluding ortho intramolecular Hbond substituents is 1. The summed E-state index contributed by atoms with van der Waals surface area (Å²) >= 11 is 0. The van der Waals surface area contributed by atoms with Crippen molar-refractivity contribution in [3.63, 3.8) is 0 Å². The molecule has 170 valence electrons. The van der Waals surface area contributed by atoms with E-state index in [-0.39, 0.29) is 10.8 Å². The summed E-state index contributed by atoms with van der Waals surface area (Å²) in [6.07, 6.45) is 1.87. The average Bonchev–Trinajstić information content (AvgIpc) is 2.72. The first kappa shape index (κ1) is 24.1. The molecule has 3 aromatic carbocycles. The molecule has 0 saturated carbocycles. The first-order chi connectivity index (χ1) is 14.9. The number of rotatable bonds is 4. The van der Waals surface area contributed by atoms with Gasteiger partial charge in [0.05, 0.1) is 0 Å². The van der Waals surface area contributed by atoms with Crippen LogP contribution >= 0.6 is 0 Å². The third kappa shape index (κ3) is 4.49. The Morgan fingerprint density at radius 2 is 1.00 bits per heavy atom. The van der Waals surface area contributed by atoms with Crippen LogP contribution in [0.5, 0.6) is 5.75 Å². The minimum absolute atomic E-state index is 0.0556. The van der Waals surface area contributed by atoms with Crippen LogP contribution in [0.15, 0.2) is 48.5 Å². The van der Waals surface area contributed by atoms with Crippen molar-refractivity contribution in [2.45, 2.75) is 86.0 Å². The summed E-state index contributed by atoms with van der Waals surface area (Å²) in [6, 6.07) is 17.3. The molecule has 1 N–H and O–H groups in total. The minimum Gasteiger partial charge on any atom is -0.507 e. The zero-order valence-electron chi connectivity index (χ0n) is 21.5. The molecule has 1 heteroatoms. The molecule has 0 saturated heterocycles. The van der Waals surface area contributed by atoms with Gasteiger partial charge in [-0.15, -0.1) is 0 Å². The maximum absolute atomic E-state index is 11.6. The molecular weight excluding hydrogens is 388 g/mol. The standard InChI is InChI=1S/C31H40O/c1-10-21-23(14-12-16-27(21)30(4,5)6)25-18-20(3)19-26(29(25)32)24-15-13-17-28(22(24)11-2)31(7,8)9/h12-19,32H,10-11H2,1-9H3. The van der Waals surface area contributed by atoms with Crippen LogP contribution in [0.4, 0.5) is 0 Å². The van der Waals surface area contributed by atoms with Gasteiger partial charge in [-0.05, 0) is 81.7 Å². The number of aryl methyl sites for hydroxylation is 1. The van der Waals surface area contributed by atoms with Crippen LogP contribution in [0.2, 0.25) is 0 Å². The van der Waals surface area contributed by atoms with Crippen LogP contribution in [-0.4, -0.2) is 5.11 Å². The van der Waals surface area contributed by atoms with Gasteiger partial charge in [0.15, 0.2) is 0 Å². The van der Waals surface area contributed by atoms with Gasteiger partial charge in [-0.25, -0.2) is 0 Å². The summed E-state index contributed by atoms with van der Waals surface area (Å²) < 4.78 is 0. The highest BCUT2D eigenvalue weighted by Gasteiger charge is 2.24. The van der Waals surface area contributed by atoms with Crippen molar-refractivity contribution in [2.24, 2.45) is 0 Å². The zero-order chi connectivity index (χ0) is 23.8. The molecule has 0 aliphatic heterocycles. The van der Waals surface area contributed by atoms with Crippen molar-refractivity contribution >= 4 is 0 Å². The number of benzene rings is 3. The van der Waals surface area contributed by atoms with E-state index < -0.39 is 0 Å². The molecule has 0 spiro atoms. The topological polar surface area (TPSA) is 20.2 Å². The molecule has 0 heterocycles. The van der Waals surface area contributed by atoms with Gasteiger partial charge in [-0.3, -0.25) is 0 Å². The number of phenols is 1. The molecule has 0 aliphatic carbocycles. The van der Waals surface area contributed by atoms with E-state index in [2.05, 4.69) is 111 Å². The molecule has 0 aromatic heterocycles. The molecule has 3 aromatic rings. The Kier molecular flexibility index (Phi) is 6.61. The second-order valence-electron chi connectivity index (χ2n) is 11.1. The highest BCUT2D eigenvalue weighted by Crippen LogP contribution is 2.44. The highest BCUT2D eigenvalue weighted by atomic mass is 16.3. The van der Waals surface area contributed by atoms with Gasteiger partial charge >= 0.3 is 0 Å². The van der Waals surface area contributed by atoms with Crippen LogP contribution in [0.3, 0.4) is 0 Å². The smallest absolute Gasteiger partial charge is 0.131 e. The Bertz CT molecular complexity index is 1030. The quantitative estimate of drug-likeness (QED) is 0.440. The van der Waals surface area contributed by atoms with Crippen molar-refractivity contribution in [3.8, 4) is 28.0 Å². The van der Waals surface area contributed by atoms with Crippen LogP contribution in [-0.2, 0) is 23.7 Å². The van der Waals surface area contributed by atoms with Crippen LogP contribution in [0.25, 0.3) is 22.3 Å². The van der Waals surface area contributed by atoms with Gasteiger partial charge in [0, 0.05) is 11.1 Å². The summed E-state index contributed by atoms with van der Waals surface area (Å²) in [5.41, 5.74) is 10.8. The Labute approximate surface area is 195 Å². The molecule has 3 rings (SSSR count). The lowest BCUT2D eigenvalue weighted by Gasteiger charge is -2.26. The number of hydrogen-bond donors (Lipinski definition) is 1. The molecule has 0 amide bonds. The van der Waals surface area contributed by atoms with Gasteiger partial charge in [0.1, 0.15) is 5.75 Å². The third-order valence-corrected chi connectivity index (χ3v) is 6.51. The van der Waals surface area contributed by atoms with E-state index in [1.165, 1.54) is 27.8 Å². The first-order valence-corrected chi connectivity index (χ1v) is 12.0. The monoisotopic (exact) mass is 428 g/mol. The minimum atomic E-state index is 0.0556. The van der Waals surface area contributed by atoms with E-state index in [9.17, 15) is 5.11 Å². The van der Waals surface area contributed by atoms with Crippen molar-refractivity contribution in [1.29, 1.82) is 0 Å².